The summed E-state index contributed by atoms with van der Waals surface area (Å²) in [7, 11) is -3.30. The first kappa shape index (κ1) is 23.2. The summed E-state index contributed by atoms with van der Waals surface area (Å²) < 4.78 is 32.4. The van der Waals surface area contributed by atoms with E-state index in [1.165, 1.54) is 0 Å². The van der Waals surface area contributed by atoms with Crippen molar-refractivity contribution in [3.05, 3.63) is 17.5 Å². The molecule has 8 nitrogen and oxygen atoms in total. The van der Waals surface area contributed by atoms with Crippen molar-refractivity contribution in [2.24, 2.45) is 5.41 Å². The zero-order valence-corrected chi connectivity index (χ0v) is 19.4. The summed E-state index contributed by atoms with van der Waals surface area (Å²) in [5.74, 6) is 1.10. The zero-order chi connectivity index (χ0) is 21.9. The standard InChI is InChI=1S/C21H36N4O4S/c1-15-12-17(23-20(26)18-13-19(29-24-18)16-6-7-16)8-10-25(15)30(27,28)11-5-9-22-14-21(2,3)4/h13,15-17,22H,5-12,14H2,1-4H3,(H,23,26)/t15-,17-/m0/s1. The Morgan fingerprint density at radius 3 is 2.67 bits per heavy atom. The van der Waals surface area contributed by atoms with Gasteiger partial charge in [-0.05, 0) is 57.5 Å². The van der Waals surface area contributed by atoms with Crippen molar-refractivity contribution >= 4 is 15.9 Å². The van der Waals surface area contributed by atoms with E-state index < -0.39 is 10.0 Å². The van der Waals surface area contributed by atoms with Crippen molar-refractivity contribution in [2.75, 3.05) is 25.4 Å². The predicted molar refractivity (Wildman–Crippen MR) is 116 cm³/mol. The van der Waals surface area contributed by atoms with E-state index in [0.29, 0.717) is 44.0 Å². The maximum absolute atomic E-state index is 12.8. The van der Waals surface area contributed by atoms with Gasteiger partial charge in [0.2, 0.25) is 10.0 Å². The van der Waals surface area contributed by atoms with Crippen molar-refractivity contribution in [1.82, 2.24) is 20.1 Å². The highest BCUT2D eigenvalue weighted by Crippen LogP contribution is 2.40. The molecule has 3 rings (SSSR count). The Morgan fingerprint density at radius 2 is 2.03 bits per heavy atom. The second-order valence-electron chi connectivity index (χ2n) is 9.95. The number of hydrogen-bond acceptors (Lipinski definition) is 6. The Balaban J connectivity index is 1.43. The maximum Gasteiger partial charge on any atom is 0.273 e. The summed E-state index contributed by atoms with van der Waals surface area (Å²) in [6, 6.07) is 1.52. The van der Waals surface area contributed by atoms with Gasteiger partial charge in [0.1, 0.15) is 5.76 Å². The van der Waals surface area contributed by atoms with Gasteiger partial charge in [0.25, 0.3) is 5.91 Å². The van der Waals surface area contributed by atoms with Crippen LogP contribution in [-0.4, -0.2) is 61.3 Å². The summed E-state index contributed by atoms with van der Waals surface area (Å²) in [6.45, 7) is 10.3. The molecular formula is C21H36N4O4S. The van der Waals surface area contributed by atoms with Gasteiger partial charge >= 0.3 is 0 Å². The van der Waals surface area contributed by atoms with Crippen LogP contribution in [0.2, 0.25) is 0 Å². The molecule has 1 aromatic heterocycles. The molecule has 0 aromatic carbocycles. The average molecular weight is 441 g/mol. The van der Waals surface area contributed by atoms with E-state index in [2.05, 4.69) is 36.6 Å². The topological polar surface area (TPSA) is 105 Å². The molecule has 2 N–H and O–H groups in total. The average Bonchev–Trinajstić information content (AvgIpc) is 3.36. The third-order valence-electron chi connectivity index (χ3n) is 5.66. The number of carbonyl (C=O) groups excluding carboxylic acids is 1. The minimum Gasteiger partial charge on any atom is -0.360 e. The molecule has 2 aliphatic rings. The zero-order valence-electron chi connectivity index (χ0n) is 18.6. The molecule has 1 saturated carbocycles. The quantitative estimate of drug-likeness (QED) is 0.572. The lowest BCUT2D eigenvalue weighted by Crippen LogP contribution is -2.51. The first-order valence-electron chi connectivity index (χ1n) is 11.0. The van der Waals surface area contributed by atoms with Gasteiger partial charge in [-0.15, -0.1) is 0 Å². The van der Waals surface area contributed by atoms with Gasteiger partial charge in [0.05, 0.1) is 5.75 Å². The fraction of sp³-hybridized carbons (Fsp3) is 0.810. The summed E-state index contributed by atoms with van der Waals surface area (Å²) >= 11 is 0. The Labute approximate surface area is 180 Å². The monoisotopic (exact) mass is 440 g/mol. The molecule has 1 aromatic rings. The van der Waals surface area contributed by atoms with Gasteiger partial charge in [-0.1, -0.05) is 25.9 Å². The number of amides is 1. The molecule has 170 valence electrons. The molecule has 0 bridgehead atoms. The lowest BCUT2D eigenvalue weighted by molar-refractivity contribution is 0.0905. The third-order valence-corrected chi connectivity index (χ3v) is 7.72. The molecule has 1 saturated heterocycles. The van der Waals surface area contributed by atoms with Gasteiger partial charge in [-0.3, -0.25) is 4.79 Å². The van der Waals surface area contributed by atoms with E-state index in [9.17, 15) is 13.2 Å². The van der Waals surface area contributed by atoms with E-state index in [-0.39, 0.29) is 29.2 Å². The number of aromatic nitrogens is 1. The van der Waals surface area contributed by atoms with Gasteiger partial charge < -0.3 is 15.2 Å². The smallest absolute Gasteiger partial charge is 0.273 e. The lowest BCUT2D eigenvalue weighted by atomic mass is 9.97. The lowest BCUT2D eigenvalue weighted by Gasteiger charge is -2.36. The number of sulfonamides is 1. The highest BCUT2D eigenvalue weighted by atomic mass is 32.2. The second-order valence-corrected chi connectivity index (χ2v) is 12.0. The van der Waals surface area contributed by atoms with Crippen LogP contribution in [0.25, 0.3) is 0 Å². The van der Waals surface area contributed by atoms with E-state index in [1.54, 1.807) is 10.4 Å². The molecule has 0 radical (unpaired) electrons. The first-order chi connectivity index (χ1) is 14.0. The van der Waals surface area contributed by atoms with Crippen molar-refractivity contribution < 1.29 is 17.7 Å². The maximum atomic E-state index is 12.8. The van der Waals surface area contributed by atoms with Crippen molar-refractivity contribution in [3.8, 4) is 0 Å². The number of nitrogens with one attached hydrogen (secondary N) is 2. The normalized spacial score (nSPS) is 23.5. The highest BCUT2D eigenvalue weighted by Gasteiger charge is 2.34. The van der Waals surface area contributed by atoms with Crippen LogP contribution in [0, 0.1) is 5.41 Å². The third kappa shape index (κ3) is 6.52. The fourth-order valence-electron chi connectivity index (χ4n) is 3.87. The Hall–Kier alpha value is -1.45. The van der Waals surface area contributed by atoms with E-state index in [1.807, 2.05) is 6.92 Å². The highest BCUT2D eigenvalue weighted by molar-refractivity contribution is 7.89. The number of hydrogen-bond donors (Lipinski definition) is 2. The second kappa shape index (κ2) is 9.36. The molecule has 30 heavy (non-hydrogen) atoms. The van der Waals surface area contributed by atoms with Crippen LogP contribution in [0.4, 0.5) is 0 Å². The molecule has 0 unspecified atom stereocenters. The minimum atomic E-state index is -3.30. The molecule has 1 aliphatic carbocycles. The van der Waals surface area contributed by atoms with E-state index >= 15 is 0 Å². The summed E-state index contributed by atoms with van der Waals surface area (Å²) in [5.41, 5.74) is 0.493. The van der Waals surface area contributed by atoms with Gasteiger partial charge in [-0.25, -0.2) is 8.42 Å². The van der Waals surface area contributed by atoms with Gasteiger partial charge in [0, 0.05) is 30.6 Å². The number of piperidine rings is 1. The van der Waals surface area contributed by atoms with E-state index in [0.717, 1.165) is 25.1 Å². The molecule has 2 heterocycles. The molecule has 0 spiro atoms. The van der Waals surface area contributed by atoms with Gasteiger partial charge in [-0.2, -0.15) is 4.31 Å². The molecular weight excluding hydrogens is 404 g/mol. The van der Waals surface area contributed by atoms with Crippen molar-refractivity contribution in [2.45, 2.75) is 77.8 Å². The SMILES string of the molecule is C[C@H]1C[C@@H](NC(=O)c2cc(C3CC3)on2)CCN1S(=O)(=O)CCCNCC(C)(C)C. The minimum absolute atomic E-state index is 0.0616. The molecule has 9 heteroatoms. The first-order valence-corrected chi connectivity index (χ1v) is 12.6. The summed E-state index contributed by atoms with van der Waals surface area (Å²) in [6.07, 6.45) is 3.98. The molecule has 2 fully saturated rings. The largest absolute Gasteiger partial charge is 0.360 e. The molecule has 2 atom stereocenters. The van der Waals surface area contributed by atoms with Crippen LogP contribution in [0.1, 0.15) is 82.0 Å². The van der Waals surface area contributed by atoms with Crippen molar-refractivity contribution in [1.29, 1.82) is 0 Å². The Morgan fingerprint density at radius 1 is 1.30 bits per heavy atom. The predicted octanol–water partition coefficient (Wildman–Crippen LogP) is 2.49. The van der Waals surface area contributed by atoms with Crippen LogP contribution in [0.3, 0.4) is 0 Å². The Bertz CT molecular complexity index is 826. The van der Waals surface area contributed by atoms with Crippen LogP contribution < -0.4 is 10.6 Å². The molecule has 1 amide bonds. The number of carbonyl (C=O) groups is 1. The molecule has 1 aliphatic heterocycles. The van der Waals surface area contributed by atoms with Gasteiger partial charge in [0.15, 0.2) is 5.69 Å². The summed E-state index contributed by atoms with van der Waals surface area (Å²) in [4.78, 5) is 12.5. The Kier molecular flexibility index (Phi) is 7.24. The number of rotatable bonds is 9. The summed E-state index contributed by atoms with van der Waals surface area (Å²) in [5, 5.41) is 10.2. The van der Waals surface area contributed by atoms with Crippen molar-refractivity contribution in [3.63, 3.8) is 0 Å². The van der Waals surface area contributed by atoms with E-state index in [4.69, 9.17) is 4.52 Å². The fourth-order valence-corrected chi connectivity index (χ4v) is 5.63. The van der Waals surface area contributed by atoms with Crippen LogP contribution >= 0.6 is 0 Å². The van der Waals surface area contributed by atoms with Crippen LogP contribution in [0.5, 0.6) is 0 Å². The van der Waals surface area contributed by atoms with Crippen LogP contribution in [0.15, 0.2) is 10.6 Å². The van der Waals surface area contributed by atoms with Crippen LogP contribution in [-0.2, 0) is 10.0 Å². The number of nitrogens with zero attached hydrogens (tertiary/aromatic N) is 2.